The lowest BCUT2D eigenvalue weighted by Crippen LogP contribution is -2.53. The first-order chi connectivity index (χ1) is 12.1. The van der Waals surface area contributed by atoms with Gasteiger partial charge in [-0.15, -0.1) is 0 Å². The molecule has 0 spiro atoms. The molecule has 1 aromatic carbocycles. The molecule has 2 amide bonds. The molecule has 0 aliphatic carbocycles. The summed E-state index contributed by atoms with van der Waals surface area (Å²) in [6.45, 7) is 5.52. The van der Waals surface area contributed by atoms with Crippen molar-refractivity contribution in [3.05, 3.63) is 34.9 Å². The highest BCUT2D eigenvalue weighted by molar-refractivity contribution is 6.31. The predicted octanol–water partition coefficient (Wildman–Crippen LogP) is 3.32. The Morgan fingerprint density at radius 1 is 1.24 bits per heavy atom. The van der Waals surface area contributed by atoms with E-state index in [9.17, 15) is 9.59 Å². The summed E-state index contributed by atoms with van der Waals surface area (Å²) in [7, 11) is 0. The van der Waals surface area contributed by atoms with Gasteiger partial charge in [-0.3, -0.25) is 9.59 Å². The molecule has 1 N–H and O–H groups in total. The van der Waals surface area contributed by atoms with Crippen molar-refractivity contribution >= 4 is 23.4 Å². The van der Waals surface area contributed by atoms with Gasteiger partial charge in [0, 0.05) is 18.1 Å². The number of rotatable bonds is 8. The van der Waals surface area contributed by atoms with E-state index in [1.54, 1.807) is 6.07 Å². The fourth-order valence-corrected chi connectivity index (χ4v) is 3.20. The molecule has 2 atom stereocenters. The minimum atomic E-state index is -0.744. The number of unbranched alkanes of at least 4 members (excludes halogenated alkanes) is 2. The van der Waals surface area contributed by atoms with Crippen molar-refractivity contribution in [2.24, 2.45) is 0 Å². The van der Waals surface area contributed by atoms with E-state index < -0.39 is 12.1 Å². The van der Waals surface area contributed by atoms with Gasteiger partial charge in [-0.25, -0.2) is 0 Å². The van der Waals surface area contributed by atoms with Gasteiger partial charge in [0.05, 0.1) is 6.04 Å². The molecule has 0 aromatic heterocycles. The van der Waals surface area contributed by atoms with Crippen molar-refractivity contribution < 1.29 is 14.3 Å². The summed E-state index contributed by atoms with van der Waals surface area (Å²) in [6.07, 6.45) is 3.20. The normalized spacial score (nSPS) is 20.2. The zero-order valence-corrected chi connectivity index (χ0v) is 15.7. The highest BCUT2D eigenvalue weighted by Gasteiger charge is 2.38. The smallest absolute Gasteiger partial charge is 0.254 e. The lowest BCUT2D eigenvalue weighted by atomic mass is 9.98. The van der Waals surface area contributed by atoms with Gasteiger partial charge in [0.1, 0.15) is 6.61 Å². The average Bonchev–Trinajstić information content (AvgIpc) is 2.62. The molecule has 5 nitrogen and oxygen atoms in total. The Morgan fingerprint density at radius 2 is 1.88 bits per heavy atom. The largest absolute Gasteiger partial charge is 0.356 e. The SMILES string of the molecule is CCCCN(CCCC)C(=O)C1OCC(=O)NC1c1ccccc1Cl. The number of ether oxygens (including phenoxy) is 1. The quantitative estimate of drug-likeness (QED) is 0.767. The summed E-state index contributed by atoms with van der Waals surface area (Å²) in [6, 6.07) is 6.68. The number of nitrogens with zero attached hydrogens (tertiary/aromatic N) is 1. The van der Waals surface area contributed by atoms with E-state index in [1.807, 2.05) is 23.1 Å². The third-order valence-corrected chi connectivity index (χ3v) is 4.72. The summed E-state index contributed by atoms with van der Waals surface area (Å²) < 4.78 is 5.65. The molecule has 2 rings (SSSR count). The number of hydrogen-bond acceptors (Lipinski definition) is 3. The average molecular weight is 367 g/mol. The molecule has 1 heterocycles. The van der Waals surface area contributed by atoms with Crippen LogP contribution < -0.4 is 5.32 Å². The molecule has 1 aliphatic rings. The van der Waals surface area contributed by atoms with Crippen molar-refractivity contribution in [2.75, 3.05) is 19.7 Å². The van der Waals surface area contributed by atoms with Crippen LogP contribution in [0.4, 0.5) is 0 Å². The number of morpholine rings is 1. The van der Waals surface area contributed by atoms with Crippen molar-refractivity contribution in [2.45, 2.75) is 51.7 Å². The maximum absolute atomic E-state index is 13.1. The maximum atomic E-state index is 13.1. The molecule has 6 heteroatoms. The highest BCUT2D eigenvalue weighted by atomic mass is 35.5. The van der Waals surface area contributed by atoms with E-state index in [4.69, 9.17) is 16.3 Å². The van der Waals surface area contributed by atoms with Crippen LogP contribution in [0.15, 0.2) is 24.3 Å². The first-order valence-electron chi connectivity index (χ1n) is 9.02. The molecular weight excluding hydrogens is 340 g/mol. The zero-order chi connectivity index (χ0) is 18.2. The molecule has 25 heavy (non-hydrogen) atoms. The summed E-state index contributed by atoms with van der Waals surface area (Å²) in [5.41, 5.74) is 0.710. The van der Waals surface area contributed by atoms with Crippen molar-refractivity contribution in [3.8, 4) is 0 Å². The van der Waals surface area contributed by atoms with Crippen LogP contribution in [-0.4, -0.2) is 42.5 Å². The number of benzene rings is 1. The number of carbonyl (C=O) groups is 2. The Hall–Kier alpha value is -1.59. The first kappa shape index (κ1) is 19.7. The van der Waals surface area contributed by atoms with Crippen LogP contribution in [0.2, 0.25) is 5.02 Å². The van der Waals surface area contributed by atoms with Gasteiger partial charge in [-0.05, 0) is 24.5 Å². The van der Waals surface area contributed by atoms with E-state index >= 15 is 0 Å². The number of halogens is 1. The zero-order valence-electron chi connectivity index (χ0n) is 15.0. The molecule has 1 fully saturated rings. The molecule has 1 saturated heterocycles. The van der Waals surface area contributed by atoms with Crippen molar-refractivity contribution in [1.82, 2.24) is 10.2 Å². The summed E-state index contributed by atoms with van der Waals surface area (Å²) >= 11 is 6.29. The predicted molar refractivity (Wildman–Crippen MR) is 98.5 cm³/mol. The Labute approximate surface area is 154 Å². The molecule has 2 unspecified atom stereocenters. The molecular formula is C19H27ClN2O3. The minimum Gasteiger partial charge on any atom is -0.356 e. The third-order valence-electron chi connectivity index (χ3n) is 4.37. The Morgan fingerprint density at radius 3 is 2.48 bits per heavy atom. The van der Waals surface area contributed by atoms with Gasteiger partial charge in [0.15, 0.2) is 6.10 Å². The molecule has 0 saturated carbocycles. The van der Waals surface area contributed by atoms with Crippen LogP contribution >= 0.6 is 11.6 Å². The molecule has 1 aliphatic heterocycles. The van der Waals surface area contributed by atoms with Gasteiger partial charge in [-0.1, -0.05) is 56.5 Å². The van der Waals surface area contributed by atoms with Gasteiger partial charge in [0.25, 0.3) is 5.91 Å². The first-order valence-corrected chi connectivity index (χ1v) is 9.40. The topological polar surface area (TPSA) is 58.6 Å². The summed E-state index contributed by atoms with van der Waals surface area (Å²) in [5, 5.41) is 3.39. The van der Waals surface area contributed by atoms with Gasteiger partial charge in [0.2, 0.25) is 5.91 Å². The fourth-order valence-electron chi connectivity index (χ4n) is 2.94. The van der Waals surface area contributed by atoms with E-state index in [1.165, 1.54) is 0 Å². The molecule has 0 radical (unpaired) electrons. The second-order valence-electron chi connectivity index (χ2n) is 6.33. The van der Waals surface area contributed by atoms with Crippen LogP contribution in [-0.2, 0) is 14.3 Å². The maximum Gasteiger partial charge on any atom is 0.254 e. The monoisotopic (exact) mass is 366 g/mol. The minimum absolute atomic E-state index is 0.0770. The lowest BCUT2D eigenvalue weighted by molar-refractivity contribution is -0.155. The number of hydrogen-bond donors (Lipinski definition) is 1. The number of amides is 2. The van der Waals surface area contributed by atoms with E-state index in [2.05, 4.69) is 19.2 Å². The van der Waals surface area contributed by atoms with Crippen LogP contribution in [0.3, 0.4) is 0 Å². The molecule has 0 bridgehead atoms. The molecule has 138 valence electrons. The van der Waals surface area contributed by atoms with Crippen LogP contribution in [0.5, 0.6) is 0 Å². The van der Waals surface area contributed by atoms with E-state index in [0.717, 1.165) is 25.7 Å². The van der Waals surface area contributed by atoms with Gasteiger partial charge in [-0.2, -0.15) is 0 Å². The number of carbonyl (C=O) groups excluding carboxylic acids is 2. The lowest BCUT2D eigenvalue weighted by Gasteiger charge is -2.35. The van der Waals surface area contributed by atoms with E-state index in [-0.39, 0.29) is 18.4 Å². The van der Waals surface area contributed by atoms with Crippen LogP contribution in [0.25, 0.3) is 0 Å². The second kappa shape index (κ2) is 9.78. The van der Waals surface area contributed by atoms with Gasteiger partial charge < -0.3 is 15.0 Å². The van der Waals surface area contributed by atoms with Gasteiger partial charge >= 0.3 is 0 Å². The second-order valence-corrected chi connectivity index (χ2v) is 6.74. The standard InChI is InChI=1S/C19H27ClN2O3/c1-3-5-11-22(12-6-4-2)19(24)18-17(21-16(23)13-25-18)14-9-7-8-10-15(14)20/h7-10,17-18H,3-6,11-13H2,1-2H3,(H,21,23). The Bertz CT molecular complexity index is 586. The van der Waals surface area contributed by atoms with Crippen molar-refractivity contribution in [1.29, 1.82) is 0 Å². The Kier molecular flexibility index (Phi) is 7.72. The highest BCUT2D eigenvalue weighted by Crippen LogP contribution is 2.29. The molecule has 1 aromatic rings. The van der Waals surface area contributed by atoms with E-state index in [0.29, 0.717) is 23.7 Å². The Balaban J connectivity index is 2.23. The summed E-state index contributed by atoms with van der Waals surface area (Å²) in [4.78, 5) is 26.8. The van der Waals surface area contributed by atoms with Crippen molar-refractivity contribution in [3.63, 3.8) is 0 Å². The summed E-state index contributed by atoms with van der Waals surface area (Å²) in [5.74, 6) is -0.311. The van der Waals surface area contributed by atoms with Crippen LogP contribution in [0, 0.1) is 0 Å². The fraction of sp³-hybridized carbons (Fsp3) is 0.579. The van der Waals surface area contributed by atoms with Crippen LogP contribution in [0.1, 0.15) is 51.1 Å². The third kappa shape index (κ3) is 5.19. The number of nitrogens with one attached hydrogen (secondary N) is 1.